The van der Waals surface area contributed by atoms with Crippen molar-refractivity contribution in [2.75, 3.05) is 6.61 Å². The highest BCUT2D eigenvalue weighted by Gasteiger charge is 2.04. The van der Waals surface area contributed by atoms with E-state index in [1.807, 2.05) is 19.1 Å². The third-order valence-electron chi connectivity index (χ3n) is 2.72. The van der Waals surface area contributed by atoms with E-state index in [0.29, 0.717) is 11.3 Å². The molecule has 0 aliphatic heterocycles. The molecule has 22 heavy (non-hydrogen) atoms. The van der Waals surface area contributed by atoms with Crippen molar-refractivity contribution in [3.05, 3.63) is 63.9 Å². The molecule has 0 saturated carbocycles. The van der Waals surface area contributed by atoms with Gasteiger partial charge in [0.15, 0.2) is 6.61 Å². The maximum absolute atomic E-state index is 12.7. The van der Waals surface area contributed by atoms with E-state index in [1.54, 1.807) is 18.2 Å². The highest BCUT2D eigenvalue weighted by molar-refractivity contribution is 9.10. The molecular formula is C16H14BrFN2O2. The zero-order valence-corrected chi connectivity index (χ0v) is 13.4. The lowest BCUT2D eigenvalue weighted by molar-refractivity contribution is -0.123. The molecule has 2 aromatic rings. The van der Waals surface area contributed by atoms with Gasteiger partial charge in [-0.3, -0.25) is 4.79 Å². The van der Waals surface area contributed by atoms with Crippen LogP contribution >= 0.6 is 15.9 Å². The fraction of sp³-hybridized carbons (Fsp3) is 0.125. The number of hydrazone groups is 1. The van der Waals surface area contributed by atoms with Gasteiger partial charge in [-0.25, -0.2) is 9.82 Å². The van der Waals surface area contributed by atoms with Crippen LogP contribution in [0.15, 0.2) is 52.0 Å². The average molecular weight is 365 g/mol. The number of carbonyl (C=O) groups is 1. The normalized spacial score (nSPS) is 10.7. The van der Waals surface area contributed by atoms with Gasteiger partial charge in [0.2, 0.25) is 0 Å². The van der Waals surface area contributed by atoms with Crippen LogP contribution in [0.5, 0.6) is 5.75 Å². The zero-order valence-electron chi connectivity index (χ0n) is 11.8. The minimum absolute atomic E-state index is 0.150. The zero-order chi connectivity index (χ0) is 15.9. The standard InChI is InChI=1S/C16H14BrFN2O2/c1-11-2-7-15(14(17)8-11)22-10-16(21)20-19-9-12-3-5-13(18)6-4-12/h2-9H,10H2,1H3,(H,20,21). The first-order chi connectivity index (χ1) is 10.5. The molecule has 0 unspecified atom stereocenters. The maximum Gasteiger partial charge on any atom is 0.277 e. The number of hydrogen-bond donors (Lipinski definition) is 1. The second-order valence-corrected chi connectivity index (χ2v) is 5.42. The highest BCUT2D eigenvalue weighted by Crippen LogP contribution is 2.25. The highest BCUT2D eigenvalue weighted by atomic mass is 79.9. The van der Waals surface area contributed by atoms with E-state index in [9.17, 15) is 9.18 Å². The smallest absolute Gasteiger partial charge is 0.277 e. The van der Waals surface area contributed by atoms with Crippen molar-refractivity contribution < 1.29 is 13.9 Å². The number of aryl methyl sites for hydroxylation is 1. The van der Waals surface area contributed by atoms with Gasteiger partial charge in [-0.2, -0.15) is 5.10 Å². The molecule has 6 heteroatoms. The number of hydrogen-bond acceptors (Lipinski definition) is 3. The summed E-state index contributed by atoms with van der Waals surface area (Å²) in [7, 11) is 0. The Kier molecular flexibility index (Phi) is 5.66. The van der Waals surface area contributed by atoms with Crippen LogP contribution in [0.1, 0.15) is 11.1 Å². The molecule has 0 aliphatic rings. The summed E-state index contributed by atoms with van der Waals surface area (Å²) in [5.74, 6) is -0.118. The Bertz CT molecular complexity index is 687. The van der Waals surface area contributed by atoms with E-state index in [0.717, 1.165) is 10.0 Å². The molecule has 0 heterocycles. The summed E-state index contributed by atoms with van der Waals surface area (Å²) in [6.45, 7) is 1.81. The van der Waals surface area contributed by atoms with Crippen molar-refractivity contribution in [3.8, 4) is 5.75 Å². The molecule has 2 aromatic carbocycles. The lowest BCUT2D eigenvalue weighted by atomic mass is 10.2. The summed E-state index contributed by atoms with van der Waals surface area (Å²) >= 11 is 3.37. The van der Waals surface area contributed by atoms with Gasteiger partial charge < -0.3 is 4.74 Å². The molecule has 0 saturated heterocycles. The Balaban J connectivity index is 1.81. The number of ether oxygens (including phenoxy) is 1. The van der Waals surface area contributed by atoms with Crippen LogP contribution in [0.4, 0.5) is 4.39 Å². The predicted molar refractivity (Wildman–Crippen MR) is 86.5 cm³/mol. The molecule has 0 radical (unpaired) electrons. The third kappa shape index (κ3) is 4.96. The molecular weight excluding hydrogens is 351 g/mol. The minimum Gasteiger partial charge on any atom is -0.483 e. The molecule has 2 rings (SSSR count). The fourth-order valence-corrected chi connectivity index (χ4v) is 2.23. The van der Waals surface area contributed by atoms with Crippen molar-refractivity contribution in [1.29, 1.82) is 0 Å². The molecule has 0 atom stereocenters. The van der Waals surface area contributed by atoms with Gasteiger partial charge in [0.05, 0.1) is 10.7 Å². The average Bonchev–Trinajstić information content (AvgIpc) is 2.48. The first-order valence-corrected chi connectivity index (χ1v) is 7.30. The second-order valence-electron chi connectivity index (χ2n) is 4.57. The largest absolute Gasteiger partial charge is 0.483 e. The van der Waals surface area contributed by atoms with Crippen LogP contribution in [-0.4, -0.2) is 18.7 Å². The van der Waals surface area contributed by atoms with Crippen molar-refractivity contribution >= 4 is 28.1 Å². The monoisotopic (exact) mass is 364 g/mol. The van der Waals surface area contributed by atoms with Crippen molar-refractivity contribution in [1.82, 2.24) is 5.43 Å². The summed E-state index contributed by atoms with van der Waals surface area (Å²) in [5.41, 5.74) is 4.12. The molecule has 4 nitrogen and oxygen atoms in total. The molecule has 114 valence electrons. The number of rotatable bonds is 5. The second kappa shape index (κ2) is 7.70. The number of nitrogens with zero attached hydrogens (tertiary/aromatic N) is 1. The molecule has 0 fully saturated rings. The van der Waals surface area contributed by atoms with Crippen LogP contribution in [0, 0.1) is 12.7 Å². The van der Waals surface area contributed by atoms with Crippen LogP contribution in [0.3, 0.4) is 0 Å². The summed E-state index contributed by atoms with van der Waals surface area (Å²) in [5, 5.41) is 3.78. The minimum atomic E-state index is -0.383. The van der Waals surface area contributed by atoms with E-state index in [-0.39, 0.29) is 18.3 Å². The van der Waals surface area contributed by atoms with E-state index in [1.165, 1.54) is 18.3 Å². The van der Waals surface area contributed by atoms with Gasteiger partial charge in [-0.15, -0.1) is 0 Å². The molecule has 1 amide bonds. The van der Waals surface area contributed by atoms with Gasteiger partial charge in [0, 0.05) is 0 Å². The number of amides is 1. The topological polar surface area (TPSA) is 50.7 Å². The van der Waals surface area contributed by atoms with Crippen molar-refractivity contribution in [2.45, 2.75) is 6.92 Å². The van der Waals surface area contributed by atoms with E-state index in [2.05, 4.69) is 26.5 Å². The van der Waals surface area contributed by atoms with Crippen LogP contribution in [0.25, 0.3) is 0 Å². The Morgan fingerprint density at radius 2 is 2.05 bits per heavy atom. The number of nitrogens with one attached hydrogen (secondary N) is 1. The third-order valence-corrected chi connectivity index (χ3v) is 3.34. The quantitative estimate of drug-likeness (QED) is 0.652. The Morgan fingerprint density at radius 3 is 2.73 bits per heavy atom. The fourth-order valence-electron chi connectivity index (χ4n) is 1.63. The number of halogens is 2. The SMILES string of the molecule is Cc1ccc(OCC(=O)NN=Cc2ccc(F)cc2)c(Br)c1. The molecule has 0 aliphatic carbocycles. The Labute approximate surface area is 136 Å². The van der Waals surface area contributed by atoms with Crippen LogP contribution in [-0.2, 0) is 4.79 Å². The number of benzene rings is 2. The molecule has 0 aromatic heterocycles. The maximum atomic E-state index is 12.7. The van der Waals surface area contributed by atoms with Crippen molar-refractivity contribution in [3.63, 3.8) is 0 Å². The van der Waals surface area contributed by atoms with Gasteiger partial charge in [-0.05, 0) is 58.2 Å². The number of carbonyl (C=O) groups excluding carboxylic acids is 1. The summed E-state index contributed by atoms with van der Waals surface area (Å²) in [4.78, 5) is 11.6. The van der Waals surface area contributed by atoms with Crippen molar-refractivity contribution in [2.24, 2.45) is 5.10 Å². The van der Waals surface area contributed by atoms with Crippen LogP contribution in [0.2, 0.25) is 0 Å². The van der Waals surface area contributed by atoms with Gasteiger partial charge in [0.1, 0.15) is 11.6 Å². The summed E-state index contributed by atoms with van der Waals surface area (Å²) in [6.07, 6.45) is 1.43. The van der Waals surface area contributed by atoms with Crippen LogP contribution < -0.4 is 10.2 Å². The predicted octanol–water partition coefficient (Wildman–Crippen LogP) is 3.43. The van der Waals surface area contributed by atoms with E-state index < -0.39 is 0 Å². The van der Waals surface area contributed by atoms with E-state index >= 15 is 0 Å². The van der Waals surface area contributed by atoms with E-state index in [4.69, 9.17) is 4.74 Å². The van der Waals surface area contributed by atoms with Gasteiger partial charge in [0.25, 0.3) is 5.91 Å². The first-order valence-electron chi connectivity index (χ1n) is 6.51. The Hall–Kier alpha value is -2.21. The van der Waals surface area contributed by atoms with Gasteiger partial charge >= 0.3 is 0 Å². The molecule has 0 spiro atoms. The lowest BCUT2D eigenvalue weighted by Gasteiger charge is -2.07. The summed E-state index contributed by atoms with van der Waals surface area (Å²) in [6, 6.07) is 11.3. The van der Waals surface area contributed by atoms with Gasteiger partial charge in [-0.1, -0.05) is 18.2 Å². The first kappa shape index (κ1) is 16.2. The molecule has 1 N–H and O–H groups in total. The Morgan fingerprint density at radius 1 is 1.32 bits per heavy atom. The lowest BCUT2D eigenvalue weighted by Crippen LogP contribution is -2.24. The molecule has 0 bridgehead atoms. The summed E-state index contributed by atoms with van der Waals surface area (Å²) < 4.78 is 18.9.